The molecule has 1 aliphatic rings. The van der Waals surface area contributed by atoms with E-state index in [2.05, 4.69) is 0 Å². The number of fused-ring (bicyclic) bond motifs is 1. The maximum absolute atomic E-state index is 15.0. The van der Waals surface area contributed by atoms with E-state index in [0.29, 0.717) is 11.3 Å². The predicted octanol–water partition coefficient (Wildman–Crippen LogP) is 5.63. The molecule has 0 saturated heterocycles. The van der Waals surface area contributed by atoms with Gasteiger partial charge in [-0.05, 0) is 55.5 Å². The molecule has 0 radical (unpaired) electrons. The summed E-state index contributed by atoms with van der Waals surface area (Å²) in [5.74, 6) is -2.37. The van der Waals surface area contributed by atoms with Gasteiger partial charge in [0, 0.05) is 5.69 Å². The van der Waals surface area contributed by atoms with Gasteiger partial charge in [0.1, 0.15) is 18.0 Å². The lowest BCUT2D eigenvalue weighted by atomic mass is 10.1. The Bertz CT molecular complexity index is 1240. The molecule has 9 heteroatoms. The fourth-order valence-electron chi connectivity index (χ4n) is 3.61. The zero-order valence-electron chi connectivity index (χ0n) is 17.3. The molecule has 6 nitrogen and oxygen atoms in total. The number of halogens is 3. The molecule has 0 atom stereocenters. The van der Waals surface area contributed by atoms with Crippen LogP contribution in [-0.4, -0.2) is 30.9 Å². The second kappa shape index (κ2) is 9.21. The summed E-state index contributed by atoms with van der Waals surface area (Å²) >= 11 is 12.4. The lowest BCUT2D eigenvalue weighted by Gasteiger charge is -2.36. The highest BCUT2D eigenvalue weighted by atomic mass is 35.5. The Hall–Kier alpha value is -3.42. The molecule has 1 aliphatic heterocycles. The van der Waals surface area contributed by atoms with Gasteiger partial charge >= 0.3 is 5.97 Å². The minimum Gasteiger partial charge on any atom is -0.462 e. The molecule has 0 bridgehead atoms. The SMILES string of the molecule is CCOC(=O)c1ccc(N2C(=O)CN(C(=O)c3c(Cl)cccc3Cl)c3cccc(F)c32)cc1. The van der Waals surface area contributed by atoms with Crippen LogP contribution >= 0.6 is 23.2 Å². The number of amides is 2. The summed E-state index contributed by atoms with van der Waals surface area (Å²) in [6.07, 6.45) is 0. The molecule has 0 fully saturated rings. The van der Waals surface area contributed by atoms with Crippen molar-refractivity contribution in [3.05, 3.63) is 87.7 Å². The molecule has 3 aromatic rings. The standard InChI is InChI=1S/C24H17Cl2FN2O4/c1-2-33-24(32)14-9-11-15(12-10-14)29-20(30)13-28(19-8-4-7-18(27)22(19)29)23(31)21-16(25)5-3-6-17(21)26/h3-12H,2,13H2,1H3. The molecule has 168 valence electrons. The molecule has 0 saturated carbocycles. The molecule has 0 N–H and O–H groups in total. The fourth-order valence-corrected chi connectivity index (χ4v) is 4.17. The minimum absolute atomic E-state index is 0.0242. The molecule has 0 aromatic heterocycles. The van der Waals surface area contributed by atoms with E-state index in [1.54, 1.807) is 13.0 Å². The Labute approximate surface area is 199 Å². The number of benzene rings is 3. The Kier molecular flexibility index (Phi) is 6.35. The van der Waals surface area contributed by atoms with Crippen LogP contribution in [0.4, 0.5) is 21.5 Å². The predicted molar refractivity (Wildman–Crippen MR) is 124 cm³/mol. The first-order chi connectivity index (χ1) is 15.8. The number of ether oxygens (including phenoxy) is 1. The number of rotatable bonds is 4. The average Bonchev–Trinajstić information content (AvgIpc) is 2.79. The van der Waals surface area contributed by atoms with E-state index in [4.69, 9.17) is 27.9 Å². The number of carbonyl (C=O) groups is 3. The van der Waals surface area contributed by atoms with Crippen molar-refractivity contribution >= 4 is 58.0 Å². The van der Waals surface area contributed by atoms with Gasteiger partial charge in [0.2, 0.25) is 0 Å². The normalized spacial score (nSPS) is 13.0. The van der Waals surface area contributed by atoms with Gasteiger partial charge in [0.05, 0.1) is 33.5 Å². The summed E-state index contributed by atoms with van der Waals surface area (Å²) in [5, 5.41) is 0.241. The van der Waals surface area contributed by atoms with Crippen molar-refractivity contribution in [2.45, 2.75) is 6.92 Å². The number of hydrogen-bond acceptors (Lipinski definition) is 4. The maximum Gasteiger partial charge on any atom is 0.338 e. The van der Waals surface area contributed by atoms with E-state index in [0.717, 1.165) is 4.90 Å². The van der Waals surface area contributed by atoms with Crippen molar-refractivity contribution < 1.29 is 23.5 Å². The number of anilines is 3. The van der Waals surface area contributed by atoms with Crippen molar-refractivity contribution in [1.29, 1.82) is 0 Å². The fraction of sp³-hybridized carbons (Fsp3) is 0.125. The van der Waals surface area contributed by atoms with E-state index in [-0.39, 0.29) is 40.1 Å². The topological polar surface area (TPSA) is 66.9 Å². The second-order valence-corrected chi connectivity index (χ2v) is 7.91. The van der Waals surface area contributed by atoms with E-state index < -0.39 is 23.6 Å². The number of esters is 1. The van der Waals surface area contributed by atoms with Gasteiger partial charge in [-0.3, -0.25) is 19.4 Å². The Balaban J connectivity index is 1.77. The number of carbonyl (C=O) groups excluding carboxylic acids is 3. The van der Waals surface area contributed by atoms with E-state index in [1.807, 2.05) is 0 Å². The van der Waals surface area contributed by atoms with Crippen molar-refractivity contribution in [2.24, 2.45) is 0 Å². The quantitative estimate of drug-likeness (QED) is 0.448. The Morgan fingerprint density at radius 3 is 2.27 bits per heavy atom. The average molecular weight is 487 g/mol. The van der Waals surface area contributed by atoms with Crippen LogP contribution in [0.2, 0.25) is 10.0 Å². The van der Waals surface area contributed by atoms with Crippen LogP contribution in [0.3, 0.4) is 0 Å². The van der Waals surface area contributed by atoms with Gasteiger partial charge in [0.25, 0.3) is 11.8 Å². The van der Waals surface area contributed by atoms with Crippen LogP contribution in [0, 0.1) is 5.82 Å². The summed E-state index contributed by atoms with van der Waals surface area (Å²) in [6.45, 7) is 1.56. The number of nitrogens with zero attached hydrogens (tertiary/aromatic N) is 2. The van der Waals surface area contributed by atoms with E-state index in [9.17, 15) is 14.4 Å². The van der Waals surface area contributed by atoms with Crippen molar-refractivity contribution in [2.75, 3.05) is 23.0 Å². The highest BCUT2D eigenvalue weighted by molar-refractivity contribution is 6.41. The number of hydrogen-bond donors (Lipinski definition) is 0. The van der Waals surface area contributed by atoms with Crippen molar-refractivity contribution in [3.8, 4) is 0 Å². The second-order valence-electron chi connectivity index (χ2n) is 7.09. The van der Waals surface area contributed by atoms with Crippen LogP contribution in [0.1, 0.15) is 27.6 Å². The van der Waals surface area contributed by atoms with Gasteiger partial charge < -0.3 is 4.74 Å². The van der Waals surface area contributed by atoms with Crippen LogP contribution in [0.15, 0.2) is 60.7 Å². The Morgan fingerprint density at radius 2 is 1.64 bits per heavy atom. The first kappa shape index (κ1) is 22.8. The molecule has 4 rings (SSSR count). The van der Waals surface area contributed by atoms with Crippen molar-refractivity contribution in [3.63, 3.8) is 0 Å². The minimum atomic E-state index is -0.696. The first-order valence-corrected chi connectivity index (χ1v) is 10.7. The third-order valence-corrected chi connectivity index (χ3v) is 5.71. The highest BCUT2D eigenvalue weighted by Gasteiger charge is 2.37. The summed E-state index contributed by atoms with van der Waals surface area (Å²) < 4.78 is 20.0. The van der Waals surface area contributed by atoms with E-state index in [1.165, 1.54) is 59.5 Å². The zero-order valence-corrected chi connectivity index (χ0v) is 18.9. The largest absolute Gasteiger partial charge is 0.462 e. The lowest BCUT2D eigenvalue weighted by Crippen LogP contribution is -2.47. The first-order valence-electron chi connectivity index (χ1n) is 9.98. The molecule has 33 heavy (non-hydrogen) atoms. The monoisotopic (exact) mass is 486 g/mol. The Morgan fingerprint density at radius 1 is 1.00 bits per heavy atom. The third-order valence-electron chi connectivity index (χ3n) is 5.08. The molecule has 3 aromatic carbocycles. The van der Waals surface area contributed by atoms with Gasteiger partial charge in [-0.15, -0.1) is 0 Å². The molecular formula is C24H17Cl2FN2O4. The van der Waals surface area contributed by atoms with Crippen LogP contribution in [0.25, 0.3) is 0 Å². The molecule has 0 unspecified atom stereocenters. The van der Waals surface area contributed by atoms with Gasteiger partial charge in [-0.2, -0.15) is 0 Å². The molecule has 0 aliphatic carbocycles. The van der Waals surface area contributed by atoms with Gasteiger partial charge in [-0.1, -0.05) is 35.3 Å². The number of para-hydroxylation sites is 1. The molecular weight excluding hydrogens is 470 g/mol. The van der Waals surface area contributed by atoms with Crippen LogP contribution in [0.5, 0.6) is 0 Å². The maximum atomic E-state index is 15.0. The van der Waals surface area contributed by atoms with Gasteiger partial charge in [0.15, 0.2) is 0 Å². The van der Waals surface area contributed by atoms with Gasteiger partial charge in [-0.25, -0.2) is 9.18 Å². The van der Waals surface area contributed by atoms with E-state index >= 15 is 4.39 Å². The van der Waals surface area contributed by atoms with Crippen molar-refractivity contribution in [1.82, 2.24) is 0 Å². The summed E-state index contributed by atoms with van der Waals surface area (Å²) in [4.78, 5) is 40.7. The smallest absolute Gasteiger partial charge is 0.338 e. The van der Waals surface area contributed by atoms with Crippen LogP contribution in [-0.2, 0) is 9.53 Å². The molecule has 2 amide bonds. The molecule has 1 heterocycles. The lowest BCUT2D eigenvalue weighted by molar-refractivity contribution is -0.116. The summed E-state index contributed by atoms with van der Waals surface area (Å²) in [6, 6.07) is 14.8. The molecule has 0 spiro atoms. The summed E-state index contributed by atoms with van der Waals surface area (Å²) in [5.41, 5.74) is 0.751. The summed E-state index contributed by atoms with van der Waals surface area (Å²) in [7, 11) is 0. The van der Waals surface area contributed by atoms with Crippen LogP contribution < -0.4 is 9.80 Å². The zero-order chi connectivity index (χ0) is 23.7. The highest BCUT2D eigenvalue weighted by Crippen LogP contribution is 2.41. The third kappa shape index (κ3) is 4.17.